The highest BCUT2D eigenvalue weighted by Gasteiger charge is 2.45. The van der Waals surface area contributed by atoms with Crippen LogP contribution < -0.4 is 9.47 Å². The minimum absolute atomic E-state index is 0.0590. The van der Waals surface area contributed by atoms with E-state index >= 15 is 0 Å². The molecule has 5 atom stereocenters. The van der Waals surface area contributed by atoms with Crippen LogP contribution in [0.3, 0.4) is 0 Å². The van der Waals surface area contributed by atoms with Crippen LogP contribution in [0, 0.1) is 0 Å². The molecule has 0 unspecified atom stereocenters. The van der Waals surface area contributed by atoms with Gasteiger partial charge in [0.2, 0.25) is 6.29 Å². The first-order chi connectivity index (χ1) is 19.9. The number of carbonyl (C=O) groups is 2. The van der Waals surface area contributed by atoms with E-state index in [1.165, 1.54) is 24.3 Å². The maximum absolute atomic E-state index is 12.3. The Labute approximate surface area is 237 Å². The first-order valence-corrected chi connectivity index (χ1v) is 12.2. The zero-order valence-corrected chi connectivity index (χ0v) is 21.5. The molecule has 1 aliphatic rings. The van der Waals surface area contributed by atoms with Crippen LogP contribution in [0.15, 0.2) is 54.6 Å². The van der Waals surface area contributed by atoms with Crippen molar-refractivity contribution in [1.82, 2.24) is 0 Å². The van der Waals surface area contributed by atoms with Crippen LogP contribution >= 0.6 is 0 Å². The van der Waals surface area contributed by atoms with E-state index in [-0.39, 0.29) is 22.8 Å². The van der Waals surface area contributed by atoms with E-state index in [9.17, 15) is 45.3 Å². The minimum atomic E-state index is -1.73. The summed E-state index contributed by atoms with van der Waals surface area (Å²) in [5.74, 6) is -3.43. The quantitative estimate of drug-likeness (QED) is 0.0814. The Morgan fingerprint density at radius 3 is 2.07 bits per heavy atom. The van der Waals surface area contributed by atoms with Gasteiger partial charge in [0.1, 0.15) is 48.3 Å². The third-order valence-corrected chi connectivity index (χ3v) is 6.07. The summed E-state index contributed by atoms with van der Waals surface area (Å²) < 4.78 is 20.8. The van der Waals surface area contributed by atoms with Crippen LogP contribution in [0.5, 0.6) is 34.5 Å². The number of benzene rings is 3. The van der Waals surface area contributed by atoms with E-state index < -0.39 is 66.7 Å². The number of aliphatic hydroxyl groups excluding tert-OH is 3. The maximum Gasteiger partial charge on any atom is 0.511 e. The first-order valence-electron chi connectivity index (χ1n) is 12.2. The van der Waals surface area contributed by atoms with Crippen molar-refractivity contribution in [3.63, 3.8) is 0 Å². The van der Waals surface area contributed by atoms with Gasteiger partial charge in [0.05, 0.1) is 5.56 Å². The van der Waals surface area contributed by atoms with E-state index in [0.29, 0.717) is 11.1 Å². The molecule has 0 aromatic heterocycles. The molecule has 0 spiro atoms. The zero-order chi connectivity index (χ0) is 30.6. The predicted molar refractivity (Wildman–Crippen MR) is 141 cm³/mol. The molecule has 3 aromatic carbocycles. The van der Waals surface area contributed by atoms with Gasteiger partial charge >= 0.3 is 12.1 Å². The number of hydrogen-bond donors (Lipinski definition) is 8. The van der Waals surface area contributed by atoms with Gasteiger partial charge in [-0.15, -0.1) is 0 Å². The van der Waals surface area contributed by atoms with Crippen LogP contribution in [0.2, 0.25) is 0 Å². The van der Waals surface area contributed by atoms with E-state index in [2.05, 4.69) is 4.74 Å². The zero-order valence-electron chi connectivity index (χ0n) is 21.5. The molecule has 0 saturated carbocycles. The van der Waals surface area contributed by atoms with Gasteiger partial charge in [-0.25, -0.2) is 9.59 Å². The maximum atomic E-state index is 12.3. The largest absolute Gasteiger partial charge is 0.511 e. The summed E-state index contributed by atoms with van der Waals surface area (Å²) in [6, 6.07) is 12.0. The van der Waals surface area contributed by atoms with Gasteiger partial charge in [-0.1, -0.05) is 24.3 Å². The Morgan fingerprint density at radius 2 is 1.43 bits per heavy atom. The van der Waals surface area contributed by atoms with Crippen molar-refractivity contribution < 1.29 is 69.4 Å². The second kappa shape index (κ2) is 12.7. The second-order valence-corrected chi connectivity index (χ2v) is 9.12. The molecular weight excluding hydrogens is 560 g/mol. The Morgan fingerprint density at radius 1 is 0.786 bits per heavy atom. The average molecular weight is 587 g/mol. The molecule has 1 fully saturated rings. The van der Waals surface area contributed by atoms with E-state index in [1.54, 1.807) is 24.3 Å². The molecule has 8 N–H and O–H groups in total. The summed E-state index contributed by atoms with van der Waals surface area (Å²) in [7, 11) is 0. The number of esters is 1. The van der Waals surface area contributed by atoms with Crippen molar-refractivity contribution in [2.24, 2.45) is 0 Å². The lowest BCUT2D eigenvalue weighted by Crippen LogP contribution is -2.60. The minimum Gasteiger partial charge on any atom is -0.508 e. The number of ether oxygens (including phenoxy) is 4. The van der Waals surface area contributed by atoms with Gasteiger partial charge in [-0.05, 0) is 47.5 Å². The number of carboxylic acid groups (broad SMARTS) is 1. The lowest BCUT2D eigenvalue weighted by molar-refractivity contribution is -0.277. The van der Waals surface area contributed by atoms with Crippen molar-refractivity contribution >= 4 is 24.3 Å². The first kappa shape index (κ1) is 30.0. The van der Waals surface area contributed by atoms with Crippen molar-refractivity contribution in [3.8, 4) is 34.5 Å². The molecule has 0 bridgehead atoms. The van der Waals surface area contributed by atoms with Gasteiger partial charge in [-0.2, -0.15) is 0 Å². The molecule has 0 aliphatic carbocycles. The monoisotopic (exact) mass is 586 g/mol. The number of aliphatic hydroxyl groups is 3. The third kappa shape index (κ3) is 7.18. The highest BCUT2D eigenvalue weighted by atomic mass is 16.7. The summed E-state index contributed by atoms with van der Waals surface area (Å²) in [6.07, 6.45) is -6.15. The second-order valence-electron chi connectivity index (χ2n) is 9.12. The van der Waals surface area contributed by atoms with Crippen LogP contribution in [0.4, 0.5) is 4.79 Å². The molecule has 1 aliphatic heterocycles. The van der Waals surface area contributed by atoms with Crippen molar-refractivity contribution in [2.45, 2.75) is 30.7 Å². The fourth-order valence-corrected chi connectivity index (χ4v) is 3.96. The molecule has 1 saturated heterocycles. The van der Waals surface area contributed by atoms with Crippen molar-refractivity contribution in [2.75, 3.05) is 6.61 Å². The van der Waals surface area contributed by atoms with Gasteiger partial charge < -0.3 is 59.8 Å². The van der Waals surface area contributed by atoms with Gasteiger partial charge in [0.25, 0.3) is 0 Å². The van der Waals surface area contributed by atoms with Crippen molar-refractivity contribution in [1.29, 1.82) is 0 Å². The van der Waals surface area contributed by atoms with E-state index in [1.807, 2.05) is 0 Å². The van der Waals surface area contributed by atoms with Gasteiger partial charge in [0, 0.05) is 6.07 Å². The van der Waals surface area contributed by atoms with Crippen LogP contribution in [-0.4, -0.2) is 90.3 Å². The summed E-state index contributed by atoms with van der Waals surface area (Å²) in [4.78, 5) is 23.1. The third-order valence-electron chi connectivity index (χ3n) is 6.07. The predicted octanol–water partition coefficient (Wildman–Crippen LogP) is 1.78. The number of rotatable bonds is 8. The topological polar surface area (TPSA) is 233 Å². The molecular formula is C28H26O14. The summed E-state index contributed by atoms with van der Waals surface area (Å²) in [5, 5.41) is 78.1. The molecule has 4 rings (SSSR count). The number of hydrogen-bond acceptors (Lipinski definition) is 13. The van der Waals surface area contributed by atoms with Crippen LogP contribution in [0.1, 0.15) is 21.5 Å². The molecule has 14 nitrogen and oxygen atoms in total. The Hall–Kier alpha value is -5.02. The van der Waals surface area contributed by atoms with Gasteiger partial charge in [-0.3, -0.25) is 0 Å². The fraction of sp³-hybridized carbons (Fsp3) is 0.214. The molecule has 222 valence electrons. The Kier molecular flexibility index (Phi) is 9.02. The lowest BCUT2D eigenvalue weighted by atomic mass is 9.99. The Bertz CT molecular complexity index is 1440. The highest BCUT2D eigenvalue weighted by Crippen LogP contribution is 2.35. The van der Waals surface area contributed by atoms with Gasteiger partial charge in [0.15, 0.2) is 17.2 Å². The Balaban J connectivity index is 1.38. The van der Waals surface area contributed by atoms with Crippen LogP contribution in [0.25, 0.3) is 12.2 Å². The summed E-state index contributed by atoms with van der Waals surface area (Å²) >= 11 is 0. The molecule has 0 radical (unpaired) electrons. The molecule has 42 heavy (non-hydrogen) atoms. The number of aromatic hydroxyl groups is 4. The molecule has 0 amide bonds. The molecule has 3 aromatic rings. The molecule has 14 heteroatoms. The van der Waals surface area contributed by atoms with E-state index in [0.717, 1.165) is 18.2 Å². The normalized spacial score (nSPS) is 22.0. The van der Waals surface area contributed by atoms with Crippen LogP contribution in [-0.2, 0) is 9.47 Å². The lowest BCUT2D eigenvalue weighted by Gasteiger charge is -2.39. The SMILES string of the molecule is O=C(O)Oc1cc(O)cc(/C=C/c2ccc(O[C@@H]3O[C@H](COC(=O)c4cc(O)c(O)c(O)c4)[C@@H](O)[C@H](O)[C@H]3O)cc2)c1. The number of carbonyl (C=O) groups excluding carboxylic acids is 1. The number of phenolic OH excluding ortho intramolecular Hbond substituents is 4. The molecule has 1 heterocycles. The standard InChI is InChI=1S/C28H26O14/c29-16-7-14(8-18(11-16)41-28(37)38)2-1-13-3-5-17(6-4-13)40-27-25(35)24(34)23(33)21(42-27)12-39-26(36)15-9-19(30)22(32)20(31)10-15/h1-11,21,23-25,27,29-35H,12H2,(H,37,38)/b2-1+/t21-,23-,24+,25-,27-/m1/s1. The van der Waals surface area contributed by atoms with Crippen molar-refractivity contribution in [3.05, 3.63) is 71.3 Å². The summed E-state index contributed by atoms with van der Waals surface area (Å²) in [6.45, 7) is -0.607. The summed E-state index contributed by atoms with van der Waals surface area (Å²) in [5.41, 5.74) is 0.820. The fourth-order valence-electron chi connectivity index (χ4n) is 3.96. The number of phenols is 4. The van der Waals surface area contributed by atoms with E-state index in [4.69, 9.17) is 19.3 Å². The average Bonchev–Trinajstić information content (AvgIpc) is 2.94. The smallest absolute Gasteiger partial charge is 0.508 e. The highest BCUT2D eigenvalue weighted by molar-refractivity contribution is 5.91.